The lowest BCUT2D eigenvalue weighted by Gasteiger charge is -2.26. The fourth-order valence-corrected chi connectivity index (χ4v) is 2.59. The number of ether oxygens (including phenoxy) is 2. The van der Waals surface area contributed by atoms with Crippen LogP contribution in [0.2, 0.25) is 5.02 Å². The minimum atomic E-state index is -0.436. The molecule has 0 saturated heterocycles. The smallest absolute Gasteiger partial charge is 0.264 e. The number of carbonyl (C=O) groups excluding carboxylic acids is 3. The fraction of sp³-hybridized carbons (Fsp3) is 0.211. The van der Waals surface area contributed by atoms with E-state index in [0.717, 1.165) is 0 Å². The van der Waals surface area contributed by atoms with Crippen LogP contribution in [0.4, 0.5) is 11.4 Å². The zero-order valence-corrected chi connectivity index (χ0v) is 15.8. The van der Waals surface area contributed by atoms with Crippen molar-refractivity contribution in [3.05, 3.63) is 47.5 Å². The van der Waals surface area contributed by atoms with Gasteiger partial charge in [-0.2, -0.15) is 0 Å². The van der Waals surface area contributed by atoms with Crippen molar-refractivity contribution in [3.63, 3.8) is 0 Å². The van der Waals surface area contributed by atoms with E-state index in [1.807, 2.05) is 0 Å². The molecular formula is C19H18ClN3O5. The summed E-state index contributed by atoms with van der Waals surface area (Å²) in [6.07, 6.45) is 0. The minimum Gasteiger partial charge on any atom is -0.484 e. The zero-order chi connectivity index (χ0) is 20.1. The quantitative estimate of drug-likeness (QED) is 0.767. The Morgan fingerprint density at radius 1 is 1.18 bits per heavy atom. The summed E-state index contributed by atoms with van der Waals surface area (Å²) >= 11 is 5.77. The van der Waals surface area contributed by atoms with E-state index in [2.05, 4.69) is 10.6 Å². The number of amides is 3. The molecule has 3 amide bonds. The van der Waals surface area contributed by atoms with Crippen molar-refractivity contribution in [1.82, 2.24) is 5.32 Å². The average Bonchev–Trinajstić information content (AvgIpc) is 2.69. The van der Waals surface area contributed by atoms with Crippen LogP contribution < -0.4 is 25.0 Å². The summed E-state index contributed by atoms with van der Waals surface area (Å²) in [5.41, 5.74) is 1.05. The number of likely N-dealkylation sites (N-methyl/N-ethyl adjacent to an activating group) is 1. The van der Waals surface area contributed by atoms with Crippen molar-refractivity contribution in [1.29, 1.82) is 0 Å². The highest BCUT2D eigenvalue weighted by Crippen LogP contribution is 2.33. The summed E-state index contributed by atoms with van der Waals surface area (Å²) in [5, 5.41) is 5.70. The maximum Gasteiger partial charge on any atom is 0.264 e. The average molecular weight is 404 g/mol. The van der Waals surface area contributed by atoms with E-state index in [-0.39, 0.29) is 25.7 Å². The SMILES string of the molecule is CN1C(=O)COc2ccc(NC(=O)CNC(=O)COc3ccc(Cl)cc3)cc21. The number of nitrogens with zero attached hydrogens (tertiary/aromatic N) is 1. The zero-order valence-electron chi connectivity index (χ0n) is 15.0. The van der Waals surface area contributed by atoms with Gasteiger partial charge in [0.1, 0.15) is 11.5 Å². The molecule has 1 aliphatic heterocycles. The molecule has 0 aliphatic carbocycles. The van der Waals surface area contributed by atoms with Crippen LogP contribution in [0.5, 0.6) is 11.5 Å². The molecule has 0 bridgehead atoms. The van der Waals surface area contributed by atoms with Crippen molar-refractivity contribution >= 4 is 40.7 Å². The van der Waals surface area contributed by atoms with Gasteiger partial charge in [0.2, 0.25) is 5.91 Å². The van der Waals surface area contributed by atoms with Crippen molar-refractivity contribution in [2.24, 2.45) is 0 Å². The number of hydrogen-bond acceptors (Lipinski definition) is 5. The molecule has 0 unspecified atom stereocenters. The Bertz CT molecular complexity index is 901. The molecule has 2 aromatic carbocycles. The Hall–Kier alpha value is -3.26. The van der Waals surface area contributed by atoms with Gasteiger partial charge in [0.15, 0.2) is 13.2 Å². The molecule has 0 saturated carbocycles. The molecule has 0 atom stereocenters. The standard InChI is InChI=1S/C19H18ClN3O5/c1-23-15-8-13(4-7-16(15)28-11-19(23)26)22-17(24)9-21-18(25)10-27-14-5-2-12(20)3-6-14/h2-8H,9-11H2,1H3,(H,21,25)(H,22,24). The number of hydrogen-bond donors (Lipinski definition) is 2. The van der Waals surface area contributed by atoms with E-state index in [4.69, 9.17) is 21.1 Å². The van der Waals surface area contributed by atoms with E-state index >= 15 is 0 Å². The lowest BCUT2D eigenvalue weighted by atomic mass is 10.2. The molecule has 146 valence electrons. The largest absolute Gasteiger partial charge is 0.484 e. The number of anilines is 2. The van der Waals surface area contributed by atoms with Gasteiger partial charge < -0.3 is 25.0 Å². The molecule has 0 fully saturated rings. The Kier molecular flexibility index (Phi) is 6.00. The van der Waals surface area contributed by atoms with Gasteiger partial charge in [-0.05, 0) is 42.5 Å². The molecule has 8 nitrogen and oxygen atoms in total. The first-order chi connectivity index (χ1) is 13.4. The Morgan fingerprint density at radius 2 is 1.93 bits per heavy atom. The van der Waals surface area contributed by atoms with Gasteiger partial charge in [0.25, 0.3) is 11.8 Å². The van der Waals surface area contributed by atoms with Gasteiger partial charge in [-0.1, -0.05) is 11.6 Å². The van der Waals surface area contributed by atoms with Crippen LogP contribution in [-0.4, -0.2) is 44.5 Å². The van der Waals surface area contributed by atoms with E-state index in [9.17, 15) is 14.4 Å². The molecule has 28 heavy (non-hydrogen) atoms. The van der Waals surface area contributed by atoms with Gasteiger partial charge >= 0.3 is 0 Å². The summed E-state index contributed by atoms with van der Waals surface area (Å²) in [5.74, 6) is 0.0374. The summed E-state index contributed by atoms with van der Waals surface area (Å²) in [6, 6.07) is 11.6. The Labute approximate surface area is 166 Å². The first-order valence-electron chi connectivity index (χ1n) is 8.40. The molecule has 1 aliphatic rings. The summed E-state index contributed by atoms with van der Waals surface area (Å²) in [7, 11) is 1.64. The maximum atomic E-state index is 12.0. The molecule has 0 spiro atoms. The van der Waals surface area contributed by atoms with Gasteiger partial charge in [0, 0.05) is 17.8 Å². The number of benzene rings is 2. The lowest BCUT2D eigenvalue weighted by molar-refractivity contribution is -0.125. The highest BCUT2D eigenvalue weighted by atomic mass is 35.5. The number of halogens is 1. The first-order valence-corrected chi connectivity index (χ1v) is 8.78. The molecule has 2 aromatic rings. The van der Waals surface area contributed by atoms with E-state index < -0.39 is 11.8 Å². The van der Waals surface area contributed by atoms with Crippen LogP contribution in [0.3, 0.4) is 0 Å². The first kappa shape index (κ1) is 19.5. The van der Waals surface area contributed by atoms with Crippen molar-refractivity contribution in [3.8, 4) is 11.5 Å². The van der Waals surface area contributed by atoms with Crippen LogP contribution in [0.15, 0.2) is 42.5 Å². The summed E-state index contributed by atoms with van der Waals surface area (Å²) in [6.45, 7) is -0.456. The predicted molar refractivity (Wildman–Crippen MR) is 104 cm³/mol. The highest BCUT2D eigenvalue weighted by molar-refractivity contribution is 6.30. The third-order valence-corrected chi connectivity index (χ3v) is 4.21. The summed E-state index contributed by atoms with van der Waals surface area (Å²) in [4.78, 5) is 37.0. The van der Waals surface area contributed by atoms with Crippen LogP contribution >= 0.6 is 11.6 Å². The van der Waals surface area contributed by atoms with Crippen LogP contribution in [0.25, 0.3) is 0 Å². The Morgan fingerprint density at radius 3 is 2.68 bits per heavy atom. The third kappa shape index (κ3) is 4.92. The normalized spacial score (nSPS) is 12.6. The van der Waals surface area contributed by atoms with Crippen LogP contribution in [0.1, 0.15) is 0 Å². The van der Waals surface area contributed by atoms with Crippen LogP contribution in [0, 0.1) is 0 Å². The second-order valence-corrected chi connectivity index (χ2v) is 6.43. The van der Waals surface area contributed by atoms with E-state index in [0.29, 0.717) is 27.9 Å². The molecule has 2 N–H and O–H groups in total. The monoisotopic (exact) mass is 403 g/mol. The molecular weight excluding hydrogens is 386 g/mol. The van der Waals surface area contributed by atoms with E-state index in [1.54, 1.807) is 49.5 Å². The lowest BCUT2D eigenvalue weighted by Crippen LogP contribution is -2.36. The van der Waals surface area contributed by atoms with Crippen molar-refractivity contribution in [2.45, 2.75) is 0 Å². The number of nitrogens with one attached hydrogen (secondary N) is 2. The predicted octanol–water partition coefficient (Wildman–Crippen LogP) is 1.83. The second-order valence-electron chi connectivity index (χ2n) is 5.99. The third-order valence-electron chi connectivity index (χ3n) is 3.96. The second kappa shape index (κ2) is 8.62. The molecule has 3 rings (SSSR count). The van der Waals surface area contributed by atoms with Gasteiger partial charge in [-0.3, -0.25) is 14.4 Å². The van der Waals surface area contributed by atoms with Gasteiger partial charge in [-0.15, -0.1) is 0 Å². The topological polar surface area (TPSA) is 97.0 Å². The molecule has 0 radical (unpaired) electrons. The van der Waals surface area contributed by atoms with Crippen molar-refractivity contribution in [2.75, 3.05) is 37.0 Å². The highest BCUT2D eigenvalue weighted by Gasteiger charge is 2.22. The number of carbonyl (C=O) groups is 3. The number of fused-ring (bicyclic) bond motifs is 1. The molecule has 9 heteroatoms. The fourth-order valence-electron chi connectivity index (χ4n) is 2.46. The van der Waals surface area contributed by atoms with E-state index in [1.165, 1.54) is 4.90 Å². The maximum absolute atomic E-state index is 12.0. The van der Waals surface area contributed by atoms with Crippen molar-refractivity contribution < 1.29 is 23.9 Å². The Balaban J connectivity index is 1.47. The van der Waals surface area contributed by atoms with Crippen LogP contribution in [-0.2, 0) is 14.4 Å². The molecule has 1 heterocycles. The van der Waals surface area contributed by atoms with Gasteiger partial charge in [0.05, 0.1) is 12.2 Å². The van der Waals surface area contributed by atoms with Gasteiger partial charge in [-0.25, -0.2) is 0 Å². The summed E-state index contributed by atoms with van der Waals surface area (Å²) < 4.78 is 10.6. The molecule has 0 aromatic heterocycles. The number of rotatable bonds is 6. The minimum absolute atomic E-state index is 0.0146.